The van der Waals surface area contributed by atoms with Crippen molar-refractivity contribution >= 4 is 46.2 Å². The van der Waals surface area contributed by atoms with Crippen molar-refractivity contribution < 1.29 is 29.0 Å². The summed E-state index contributed by atoms with van der Waals surface area (Å²) in [4.78, 5) is 51.9. The van der Waals surface area contributed by atoms with Crippen LogP contribution in [0.5, 0.6) is 5.75 Å². The molecule has 36 heavy (non-hydrogen) atoms. The van der Waals surface area contributed by atoms with Gasteiger partial charge in [-0.2, -0.15) is 0 Å². The monoisotopic (exact) mass is 617 g/mol. The van der Waals surface area contributed by atoms with E-state index in [2.05, 4.69) is 40.1 Å². The third-order valence-electron chi connectivity index (χ3n) is 5.76. The second-order valence-corrected chi connectivity index (χ2v) is 10.6. The lowest BCUT2D eigenvalue weighted by Crippen LogP contribution is -2.55. The zero-order valence-electron chi connectivity index (χ0n) is 21.9. The fourth-order valence-electron chi connectivity index (χ4n) is 3.76. The van der Waals surface area contributed by atoms with Crippen molar-refractivity contribution in [1.82, 2.24) is 15.5 Å². The minimum Gasteiger partial charge on any atom is -0.496 e. The number of hydrogen-bond acceptors (Lipinski definition) is 6. The van der Waals surface area contributed by atoms with Gasteiger partial charge in [0.15, 0.2) is 5.78 Å². The highest BCUT2D eigenvalue weighted by Gasteiger charge is 2.30. The van der Waals surface area contributed by atoms with Crippen LogP contribution < -0.4 is 15.4 Å². The molecule has 0 bridgehead atoms. The number of aliphatic carboxylic acids is 1. The van der Waals surface area contributed by atoms with E-state index < -0.39 is 30.4 Å². The first-order valence-electron chi connectivity index (χ1n) is 12.3. The van der Waals surface area contributed by atoms with Crippen molar-refractivity contribution in [3.05, 3.63) is 27.3 Å². The first kappa shape index (κ1) is 31.8. The zero-order valence-corrected chi connectivity index (χ0v) is 24.1. The Morgan fingerprint density at radius 2 is 1.81 bits per heavy atom. The van der Waals surface area contributed by atoms with Gasteiger partial charge >= 0.3 is 5.97 Å². The number of hydrogen-bond donors (Lipinski definition) is 3. The number of carboxylic acid groups (broad SMARTS) is 1. The number of Topliss-reactive ketones (excluding diaryl/α,β-unsaturated/α-hetero) is 1. The molecule has 0 spiro atoms. The topological polar surface area (TPSA) is 125 Å². The van der Waals surface area contributed by atoms with Crippen LogP contribution in [0.15, 0.2) is 18.2 Å². The molecule has 1 aromatic rings. The van der Waals surface area contributed by atoms with E-state index in [0.717, 1.165) is 29.3 Å². The number of likely N-dealkylation sites (N-methyl/N-ethyl adjacent to an activating group) is 1. The van der Waals surface area contributed by atoms with Crippen molar-refractivity contribution in [3.63, 3.8) is 0 Å². The van der Waals surface area contributed by atoms with Crippen molar-refractivity contribution in [2.45, 2.75) is 71.4 Å². The molecule has 0 saturated carbocycles. The molecule has 0 unspecified atom stereocenters. The molecule has 0 radical (unpaired) electrons. The fourth-order valence-corrected chi connectivity index (χ4v) is 4.32. The number of halogens is 1. The van der Waals surface area contributed by atoms with Crippen molar-refractivity contribution in [2.24, 2.45) is 5.92 Å². The Hall–Kier alpha value is -2.21. The molecule has 10 heteroatoms. The van der Waals surface area contributed by atoms with Gasteiger partial charge in [0, 0.05) is 9.13 Å². The second kappa shape index (κ2) is 16.5. The van der Waals surface area contributed by atoms with Crippen molar-refractivity contribution in [3.8, 4) is 5.75 Å². The van der Waals surface area contributed by atoms with Gasteiger partial charge in [0.2, 0.25) is 11.8 Å². The molecule has 0 aromatic heterocycles. The third-order valence-corrected chi connectivity index (χ3v) is 6.43. The minimum atomic E-state index is -1.19. The summed E-state index contributed by atoms with van der Waals surface area (Å²) in [5.41, 5.74) is 0.686. The minimum absolute atomic E-state index is 0.0107. The maximum absolute atomic E-state index is 13.1. The number of ether oxygens (including phenoxy) is 1. The Labute approximate surface area is 227 Å². The standard InChI is InChI=1S/C26H40IN3O6/c1-6-7-8-9-12-30(4)16-21(31)20(15-24(33)34)28-26(35)25(17(2)3)29-23(32)14-18-13-19(27)10-11-22(18)36-5/h10-11,13,17,20,25H,6-9,12,14-16H2,1-5H3,(H,28,35)(H,29,32)(H,33,34)/t20-,25-/m0/s1. The van der Waals surface area contributed by atoms with Crippen LogP contribution in [0.2, 0.25) is 0 Å². The van der Waals surface area contributed by atoms with Crippen LogP contribution in [0.4, 0.5) is 0 Å². The normalized spacial score (nSPS) is 12.8. The Morgan fingerprint density at radius 1 is 1.11 bits per heavy atom. The quantitative estimate of drug-likeness (QED) is 0.181. The predicted molar refractivity (Wildman–Crippen MR) is 147 cm³/mol. The van der Waals surface area contributed by atoms with Gasteiger partial charge in [-0.15, -0.1) is 0 Å². The highest BCUT2D eigenvalue weighted by molar-refractivity contribution is 14.1. The second-order valence-electron chi connectivity index (χ2n) is 9.35. The SMILES string of the molecule is CCCCCCN(C)CC(=O)[C@H](CC(=O)O)NC(=O)[C@@H](NC(=O)Cc1cc(I)ccc1OC)C(C)C. The van der Waals surface area contributed by atoms with Crippen LogP contribution in [-0.2, 0) is 25.6 Å². The number of amides is 2. The van der Waals surface area contributed by atoms with E-state index in [4.69, 9.17) is 4.74 Å². The molecule has 0 aliphatic rings. The summed E-state index contributed by atoms with van der Waals surface area (Å²) in [5.74, 6) is -2.23. The summed E-state index contributed by atoms with van der Waals surface area (Å²) in [6.07, 6.45) is 3.73. The summed E-state index contributed by atoms with van der Waals surface area (Å²) >= 11 is 2.14. The van der Waals surface area contributed by atoms with Crippen molar-refractivity contribution in [2.75, 3.05) is 27.2 Å². The first-order chi connectivity index (χ1) is 17.0. The van der Waals surface area contributed by atoms with Crippen LogP contribution in [0.3, 0.4) is 0 Å². The molecular formula is C26H40IN3O6. The number of rotatable bonds is 17. The lowest BCUT2D eigenvalue weighted by atomic mass is 10.0. The van der Waals surface area contributed by atoms with Gasteiger partial charge < -0.3 is 20.5 Å². The van der Waals surface area contributed by atoms with Gasteiger partial charge in [-0.25, -0.2) is 0 Å². The van der Waals surface area contributed by atoms with Gasteiger partial charge in [-0.1, -0.05) is 40.0 Å². The summed E-state index contributed by atoms with van der Waals surface area (Å²) in [5, 5.41) is 14.6. The van der Waals surface area contributed by atoms with Crippen LogP contribution in [0.25, 0.3) is 0 Å². The van der Waals surface area contributed by atoms with Gasteiger partial charge in [0.1, 0.15) is 11.8 Å². The van der Waals surface area contributed by atoms with Gasteiger partial charge in [-0.3, -0.25) is 24.1 Å². The van der Waals surface area contributed by atoms with Gasteiger partial charge in [0.05, 0.1) is 32.5 Å². The molecule has 0 fully saturated rings. The summed E-state index contributed by atoms with van der Waals surface area (Å²) < 4.78 is 6.27. The number of carboxylic acids is 1. The fraction of sp³-hybridized carbons (Fsp3) is 0.615. The van der Waals surface area contributed by atoms with Crippen LogP contribution in [-0.4, -0.2) is 72.9 Å². The average molecular weight is 618 g/mol. The Bertz CT molecular complexity index is 892. The molecular weight excluding hydrogens is 577 g/mol. The molecule has 0 heterocycles. The third kappa shape index (κ3) is 11.7. The lowest BCUT2D eigenvalue weighted by Gasteiger charge is -2.26. The Kier molecular flexibility index (Phi) is 14.6. The first-order valence-corrected chi connectivity index (χ1v) is 13.4. The summed E-state index contributed by atoms with van der Waals surface area (Å²) in [6.45, 7) is 6.42. The molecule has 2 amide bonds. The number of nitrogens with one attached hydrogen (secondary N) is 2. The van der Waals surface area contributed by atoms with E-state index in [-0.39, 0.29) is 30.6 Å². The van der Waals surface area contributed by atoms with E-state index in [9.17, 15) is 24.3 Å². The Balaban J connectivity index is 2.85. The lowest BCUT2D eigenvalue weighted by molar-refractivity contribution is -0.141. The van der Waals surface area contributed by atoms with Crippen LogP contribution in [0, 0.1) is 9.49 Å². The number of carbonyl (C=O) groups is 4. The predicted octanol–water partition coefficient (Wildman–Crippen LogP) is 3.02. The molecule has 202 valence electrons. The van der Waals surface area contributed by atoms with Gasteiger partial charge in [-0.05, 0) is 66.7 Å². The Morgan fingerprint density at radius 3 is 2.39 bits per heavy atom. The number of ketones is 1. The molecule has 0 aliphatic carbocycles. The number of carbonyl (C=O) groups excluding carboxylic acids is 3. The highest BCUT2D eigenvalue weighted by Crippen LogP contribution is 2.21. The number of nitrogens with zero attached hydrogens (tertiary/aromatic N) is 1. The van der Waals surface area contributed by atoms with Gasteiger partial charge in [0.25, 0.3) is 0 Å². The molecule has 9 nitrogen and oxygen atoms in total. The molecule has 0 saturated heterocycles. The van der Waals surface area contributed by atoms with Crippen LogP contribution >= 0.6 is 22.6 Å². The number of methoxy groups -OCH3 is 1. The van der Waals surface area contributed by atoms with E-state index in [1.54, 1.807) is 27.0 Å². The molecule has 3 N–H and O–H groups in total. The molecule has 2 atom stereocenters. The van der Waals surface area contributed by atoms with E-state index in [1.807, 2.05) is 17.0 Å². The molecule has 0 aliphatic heterocycles. The van der Waals surface area contributed by atoms with Crippen LogP contribution in [0.1, 0.15) is 58.4 Å². The largest absolute Gasteiger partial charge is 0.496 e. The maximum Gasteiger partial charge on any atom is 0.305 e. The number of unbranched alkanes of at least 4 members (excludes halogenated alkanes) is 3. The zero-order chi connectivity index (χ0) is 27.3. The van der Waals surface area contributed by atoms with E-state index >= 15 is 0 Å². The summed E-state index contributed by atoms with van der Waals surface area (Å²) in [7, 11) is 3.33. The van der Waals surface area contributed by atoms with E-state index in [1.165, 1.54) is 7.11 Å². The summed E-state index contributed by atoms with van der Waals surface area (Å²) in [6, 6.07) is 3.38. The maximum atomic E-state index is 13.1. The smallest absolute Gasteiger partial charge is 0.305 e. The molecule has 1 aromatic carbocycles. The van der Waals surface area contributed by atoms with E-state index in [0.29, 0.717) is 17.9 Å². The highest BCUT2D eigenvalue weighted by atomic mass is 127. The molecule has 1 rings (SSSR count). The number of benzene rings is 1. The van der Waals surface area contributed by atoms with Crippen molar-refractivity contribution in [1.29, 1.82) is 0 Å². The average Bonchev–Trinajstić information content (AvgIpc) is 2.79.